The summed E-state index contributed by atoms with van der Waals surface area (Å²) in [5.41, 5.74) is 8.02. The zero-order chi connectivity index (χ0) is 13.1. The standard InChI is InChI=1S/C14H18N2OS/c1-9(15)7-13-10(2)16-14(18-13)11-5-4-6-12(8-11)17-3/h4-6,8-9H,7,15H2,1-3H3. The van der Waals surface area contributed by atoms with E-state index in [9.17, 15) is 0 Å². The second kappa shape index (κ2) is 5.50. The van der Waals surface area contributed by atoms with Gasteiger partial charge in [0.1, 0.15) is 10.8 Å². The average molecular weight is 262 g/mol. The molecule has 1 atom stereocenters. The van der Waals surface area contributed by atoms with Gasteiger partial charge < -0.3 is 10.5 Å². The first-order chi connectivity index (χ1) is 8.60. The van der Waals surface area contributed by atoms with Crippen LogP contribution in [0, 0.1) is 6.92 Å². The molecule has 1 aromatic carbocycles. The normalized spacial score (nSPS) is 12.4. The maximum Gasteiger partial charge on any atom is 0.123 e. The van der Waals surface area contributed by atoms with Crippen LogP contribution in [0.4, 0.5) is 0 Å². The number of ether oxygens (including phenoxy) is 1. The van der Waals surface area contributed by atoms with Crippen LogP contribution in [0.5, 0.6) is 5.75 Å². The van der Waals surface area contributed by atoms with Crippen molar-refractivity contribution in [1.29, 1.82) is 0 Å². The van der Waals surface area contributed by atoms with Crippen LogP contribution in [0.1, 0.15) is 17.5 Å². The van der Waals surface area contributed by atoms with Crippen molar-refractivity contribution >= 4 is 11.3 Å². The summed E-state index contributed by atoms with van der Waals surface area (Å²) in [5, 5.41) is 1.03. The van der Waals surface area contributed by atoms with Crippen LogP contribution < -0.4 is 10.5 Å². The number of methoxy groups -OCH3 is 1. The molecule has 18 heavy (non-hydrogen) atoms. The predicted molar refractivity (Wildman–Crippen MR) is 76.2 cm³/mol. The van der Waals surface area contributed by atoms with E-state index in [0.29, 0.717) is 0 Å². The van der Waals surface area contributed by atoms with Crippen LogP contribution in [0.2, 0.25) is 0 Å². The van der Waals surface area contributed by atoms with E-state index >= 15 is 0 Å². The van der Waals surface area contributed by atoms with Gasteiger partial charge in [0.05, 0.1) is 12.8 Å². The van der Waals surface area contributed by atoms with E-state index in [2.05, 4.69) is 11.1 Å². The van der Waals surface area contributed by atoms with Gasteiger partial charge in [-0.25, -0.2) is 4.98 Å². The Morgan fingerprint density at radius 2 is 2.22 bits per heavy atom. The fourth-order valence-electron chi connectivity index (χ4n) is 1.79. The lowest BCUT2D eigenvalue weighted by molar-refractivity contribution is 0.415. The Balaban J connectivity index is 2.33. The van der Waals surface area contributed by atoms with Gasteiger partial charge in [0, 0.05) is 16.5 Å². The minimum atomic E-state index is 0.169. The van der Waals surface area contributed by atoms with Crippen molar-refractivity contribution in [3.63, 3.8) is 0 Å². The fourth-order valence-corrected chi connectivity index (χ4v) is 2.99. The van der Waals surface area contributed by atoms with Gasteiger partial charge in [-0.05, 0) is 32.4 Å². The first-order valence-electron chi connectivity index (χ1n) is 5.96. The van der Waals surface area contributed by atoms with E-state index in [1.165, 1.54) is 4.88 Å². The monoisotopic (exact) mass is 262 g/mol. The molecule has 0 fully saturated rings. The summed E-state index contributed by atoms with van der Waals surface area (Å²) in [5.74, 6) is 0.856. The molecule has 0 bridgehead atoms. The molecule has 0 aliphatic carbocycles. The van der Waals surface area contributed by atoms with Gasteiger partial charge in [-0.15, -0.1) is 11.3 Å². The smallest absolute Gasteiger partial charge is 0.123 e. The lowest BCUT2D eigenvalue weighted by Crippen LogP contribution is -2.17. The van der Waals surface area contributed by atoms with E-state index in [-0.39, 0.29) is 6.04 Å². The Kier molecular flexibility index (Phi) is 3.99. The van der Waals surface area contributed by atoms with Crippen molar-refractivity contribution in [2.45, 2.75) is 26.3 Å². The Hall–Kier alpha value is -1.39. The number of aromatic nitrogens is 1. The first kappa shape index (κ1) is 13.1. The summed E-state index contributed by atoms with van der Waals surface area (Å²) in [6.07, 6.45) is 0.882. The zero-order valence-electron chi connectivity index (χ0n) is 10.9. The molecule has 2 aromatic rings. The highest BCUT2D eigenvalue weighted by molar-refractivity contribution is 7.15. The zero-order valence-corrected chi connectivity index (χ0v) is 11.8. The third kappa shape index (κ3) is 2.89. The van der Waals surface area contributed by atoms with Crippen molar-refractivity contribution in [3.05, 3.63) is 34.8 Å². The van der Waals surface area contributed by atoms with Gasteiger partial charge >= 0.3 is 0 Å². The molecule has 2 rings (SSSR count). The van der Waals surface area contributed by atoms with Gasteiger partial charge in [0.2, 0.25) is 0 Å². The number of benzene rings is 1. The number of nitrogens with zero attached hydrogens (tertiary/aromatic N) is 1. The van der Waals surface area contributed by atoms with Gasteiger partial charge in [-0.2, -0.15) is 0 Å². The fraction of sp³-hybridized carbons (Fsp3) is 0.357. The highest BCUT2D eigenvalue weighted by Gasteiger charge is 2.11. The molecule has 0 saturated carbocycles. The van der Waals surface area contributed by atoms with Crippen LogP contribution in [0.25, 0.3) is 10.6 Å². The van der Waals surface area contributed by atoms with Gasteiger partial charge in [0.15, 0.2) is 0 Å². The second-order valence-corrected chi connectivity index (χ2v) is 5.52. The maximum atomic E-state index is 5.85. The maximum absolute atomic E-state index is 5.85. The van der Waals surface area contributed by atoms with Gasteiger partial charge in [-0.1, -0.05) is 12.1 Å². The van der Waals surface area contributed by atoms with Crippen molar-refractivity contribution < 1.29 is 4.74 Å². The molecule has 1 aromatic heterocycles. The van der Waals surface area contributed by atoms with E-state index in [1.807, 2.05) is 32.0 Å². The van der Waals surface area contributed by atoms with E-state index in [4.69, 9.17) is 10.5 Å². The number of rotatable bonds is 4. The third-order valence-electron chi connectivity index (χ3n) is 2.72. The van der Waals surface area contributed by atoms with Crippen molar-refractivity contribution in [1.82, 2.24) is 4.98 Å². The summed E-state index contributed by atoms with van der Waals surface area (Å²) in [6, 6.07) is 8.15. The predicted octanol–water partition coefficient (Wildman–Crippen LogP) is 3.02. The molecule has 0 spiro atoms. The largest absolute Gasteiger partial charge is 0.497 e. The number of hydrogen-bond acceptors (Lipinski definition) is 4. The summed E-state index contributed by atoms with van der Waals surface area (Å²) in [4.78, 5) is 5.88. The molecule has 0 radical (unpaired) electrons. The number of hydrogen-bond donors (Lipinski definition) is 1. The summed E-state index contributed by atoms with van der Waals surface area (Å²) >= 11 is 1.71. The van der Waals surface area contributed by atoms with E-state index in [0.717, 1.165) is 28.4 Å². The molecule has 0 aliphatic rings. The SMILES string of the molecule is COc1cccc(-c2nc(C)c(CC(C)N)s2)c1. The first-order valence-corrected chi connectivity index (χ1v) is 6.78. The van der Waals surface area contributed by atoms with Gasteiger partial charge in [-0.3, -0.25) is 0 Å². The van der Waals surface area contributed by atoms with Crippen LogP contribution in [-0.4, -0.2) is 18.1 Å². The molecule has 4 heteroatoms. The van der Waals surface area contributed by atoms with Crippen LogP contribution in [0.3, 0.4) is 0 Å². The molecule has 96 valence electrons. The van der Waals surface area contributed by atoms with Crippen LogP contribution in [-0.2, 0) is 6.42 Å². The highest BCUT2D eigenvalue weighted by Crippen LogP contribution is 2.30. The lowest BCUT2D eigenvalue weighted by Gasteiger charge is -2.02. The summed E-state index contributed by atoms with van der Waals surface area (Å²) < 4.78 is 5.23. The van der Waals surface area contributed by atoms with Crippen molar-refractivity contribution in [2.24, 2.45) is 5.73 Å². The topological polar surface area (TPSA) is 48.1 Å². The second-order valence-electron chi connectivity index (χ2n) is 4.44. The van der Waals surface area contributed by atoms with E-state index < -0.39 is 0 Å². The molecule has 1 unspecified atom stereocenters. The quantitative estimate of drug-likeness (QED) is 0.921. The molecular weight excluding hydrogens is 244 g/mol. The number of aryl methyl sites for hydroxylation is 1. The minimum absolute atomic E-state index is 0.169. The Morgan fingerprint density at radius 3 is 2.89 bits per heavy atom. The molecular formula is C14H18N2OS. The van der Waals surface area contributed by atoms with E-state index in [1.54, 1.807) is 18.4 Å². The summed E-state index contributed by atoms with van der Waals surface area (Å²) in [7, 11) is 1.67. The molecule has 0 saturated heterocycles. The Bertz CT molecular complexity index is 534. The highest BCUT2D eigenvalue weighted by atomic mass is 32.1. The van der Waals surface area contributed by atoms with Gasteiger partial charge in [0.25, 0.3) is 0 Å². The Morgan fingerprint density at radius 1 is 1.44 bits per heavy atom. The molecule has 0 aliphatic heterocycles. The molecule has 3 nitrogen and oxygen atoms in total. The minimum Gasteiger partial charge on any atom is -0.497 e. The average Bonchev–Trinajstić information content (AvgIpc) is 2.70. The molecule has 0 amide bonds. The third-order valence-corrected chi connectivity index (χ3v) is 3.95. The van der Waals surface area contributed by atoms with Crippen LogP contribution >= 0.6 is 11.3 Å². The van der Waals surface area contributed by atoms with Crippen molar-refractivity contribution in [3.8, 4) is 16.3 Å². The lowest BCUT2D eigenvalue weighted by atomic mass is 10.2. The summed E-state index contributed by atoms with van der Waals surface area (Å²) in [6.45, 7) is 4.06. The number of thiazole rings is 1. The molecule has 1 heterocycles. The van der Waals surface area contributed by atoms with Crippen molar-refractivity contribution in [2.75, 3.05) is 7.11 Å². The number of nitrogens with two attached hydrogens (primary N) is 1. The molecule has 2 N–H and O–H groups in total. The Labute approximate surface area is 112 Å². The van der Waals surface area contributed by atoms with Crippen LogP contribution in [0.15, 0.2) is 24.3 Å².